The van der Waals surface area contributed by atoms with Crippen molar-refractivity contribution in [3.63, 3.8) is 0 Å². The number of alkyl carbamates (subject to hydrolysis) is 1. The highest BCUT2D eigenvalue weighted by molar-refractivity contribution is 5.67. The summed E-state index contributed by atoms with van der Waals surface area (Å²) >= 11 is 0. The van der Waals surface area contributed by atoms with Gasteiger partial charge in [-0.15, -0.1) is 0 Å². The summed E-state index contributed by atoms with van der Waals surface area (Å²) in [6.07, 6.45) is 3.92. The summed E-state index contributed by atoms with van der Waals surface area (Å²) in [4.78, 5) is 11.4. The Morgan fingerprint density at radius 2 is 2.15 bits per heavy atom. The van der Waals surface area contributed by atoms with E-state index in [1.54, 1.807) is 12.1 Å². The Hall–Kier alpha value is -2.04. The lowest BCUT2D eigenvalue weighted by molar-refractivity contribution is 0.0529. The highest BCUT2D eigenvalue weighted by Crippen LogP contribution is 2.13. The molecule has 5 heteroatoms. The predicted octanol–water partition coefficient (Wildman–Crippen LogP) is 3.34. The Labute approximate surface area is 118 Å². The van der Waals surface area contributed by atoms with Crippen LogP contribution in [0.1, 0.15) is 32.8 Å². The average Bonchev–Trinajstić information content (AvgIpc) is 2.31. The molecule has 1 aromatic rings. The summed E-state index contributed by atoms with van der Waals surface area (Å²) in [5.41, 5.74) is 5.92. The lowest BCUT2D eigenvalue weighted by atomic mass is 10.1. The Balaban J connectivity index is 2.32. The third-order valence-corrected chi connectivity index (χ3v) is 2.31. The number of rotatable bonds is 4. The van der Waals surface area contributed by atoms with Crippen LogP contribution in [0.5, 0.6) is 0 Å². The van der Waals surface area contributed by atoms with E-state index < -0.39 is 17.5 Å². The van der Waals surface area contributed by atoms with Gasteiger partial charge in [0.25, 0.3) is 0 Å². The number of amides is 1. The minimum absolute atomic E-state index is 0.124. The Morgan fingerprint density at radius 3 is 2.75 bits per heavy atom. The van der Waals surface area contributed by atoms with Crippen LogP contribution in [0.15, 0.2) is 24.3 Å². The zero-order valence-electron chi connectivity index (χ0n) is 12.1. The lowest BCUT2D eigenvalue weighted by Gasteiger charge is -2.19. The molecule has 0 unspecified atom stereocenters. The first kappa shape index (κ1) is 16.0. The van der Waals surface area contributed by atoms with Crippen molar-refractivity contribution in [3.05, 3.63) is 35.7 Å². The van der Waals surface area contributed by atoms with E-state index in [0.717, 1.165) is 5.56 Å². The molecular formula is C15H21FN2O2. The van der Waals surface area contributed by atoms with Crippen molar-refractivity contribution < 1.29 is 13.9 Å². The molecule has 0 atom stereocenters. The molecule has 3 N–H and O–H groups in total. The lowest BCUT2D eigenvalue weighted by Crippen LogP contribution is -2.32. The van der Waals surface area contributed by atoms with Gasteiger partial charge < -0.3 is 15.8 Å². The number of halogens is 1. The highest BCUT2D eigenvalue weighted by Gasteiger charge is 2.15. The molecule has 1 aromatic carbocycles. The average molecular weight is 280 g/mol. The number of ether oxygens (including phenoxy) is 1. The molecule has 1 amide bonds. The number of carbonyl (C=O) groups excluding carboxylic acids is 1. The van der Waals surface area contributed by atoms with Crippen LogP contribution in [0.2, 0.25) is 0 Å². The van der Waals surface area contributed by atoms with Gasteiger partial charge in [0.15, 0.2) is 0 Å². The summed E-state index contributed by atoms with van der Waals surface area (Å²) in [5.74, 6) is -0.422. The quantitative estimate of drug-likeness (QED) is 0.656. The first-order valence-electron chi connectivity index (χ1n) is 6.46. The summed E-state index contributed by atoms with van der Waals surface area (Å²) in [7, 11) is 0. The van der Waals surface area contributed by atoms with Crippen LogP contribution in [-0.2, 0) is 4.74 Å². The largest absolute Gasteiger partial charge is 0.444 e. The van der Waals surface area contributed by atoms with Crippen LogP contribution < -0.4 is 11.1 Å². The molecule has 0 aromatic heterocycles. The molecule has 0 fully saturated rings. The first-order chi connectivity index (χ1) is 9.28. The van der Waals surface area contributed by atoms with Gasteiger partial charge in [-0.05, 0) is 44.9 Å². The Bertz CT molecular complexity index is 493. The number of nitrogen functional groups attached to an aromatic ring is 1. The molecule has 4 nitrogen and oxygen atoms in total. The fourth-order valence-electron chi connectivity index (χ4n) is 1.46. The molecular weight excluding hydrogens is 259 g/mol. The first-order valence-corrected chi connectivity index (χ1v) is 6.46. The second-order valence-electron chi connectivity index (χ2n) is 5.40. The van der Waals surface area contributed by atoms with Crippen LogP contribution in [-0.4, -0.2) is 18.2 Å². The molecule has 20 heavy (non-hydrogen) atoms. The van der Waals surface area contributed by atoms with E-state index in [4.69, 9.17) is 10.5 Å². The van der Waals surface area contributed by atoms with Crippen LogP contribution in [0, 0.1) is 5.82 Å². The van der Waals surface area contributed by atoms with Gasteiger partial charge in [-0.25, -0.2) is 9.18 Å². The summed E-state index contributed by atoms with van der Waals surface area (Å²) < 4.78 is 18.1. The molecule has 0 heterocycles. The van der Waals surface area contributed by atoms with E-state index in [1.807, 2.05) is 32.9 Å². The predicted molar refractivity (Wildman–Crippen MR) is 78.7 cm³/mol. The van der Waals surface area contributed by atoms with Crippen molar-refractivity contribution in [1.29, 1.82) is 0 Å². The molecule has 0 saturated heterocycles. The minimum atomic E-state index is -0.494. The van der Waals surface area contributed by atoms with Gasteiger partial charge in [-0.3, -0.25) is 0 Å². The number of carbonyl (C=O) groups is 1. The van der Waals surface area contributed by atoms with Gasteiger partial charge in [0, 0.05) is 6.54 Å². The second-order valence-corrected chi connectivity index (χ2v) is 5.40. The number of benzene rings is 1. The second kappa shape index (κ2) is 6.93. The number of anilines is 1. The van der Waals surface area contributed by atoms with Gasteiger partial charge in [-0.2, -0.15) is 0 Å². The maximum Gasteiger partial charge on any atom is 0.407 e. The third-order valence-electron chi connectivity index (χ3n) is 2.31. The van der Waals surface area contributed by atoms with E-state index in [2.05, 4.69) is 5.32 Å². The molecule has 0 aliphatic carbocycles. The molecule has 0 radical (unpaired) electrons. The van der Waals surface area contributed by atoms with Crippen molar-refractivity contribution in [1.82, 2.24) is 5.32 Å². The monoisotopic (exact) mass is 280 g/mol. The molecule has 0 aliphatic rings. The smallest absolute Gasteiger partial charge is 0.407 e. The highest BCUT2D eigenvalue weighted by atomic mass is 19.1. The fourth-order valence-corrected chi connectivity index (χ4v) is 1.46. The molecule has 0 aliphatic heterocycles. The zero-order valence-corrected chi connectivity index (χ0v) is 12.1. The van der Waals surface area contributed by atoms with Crippen LogP contribution in [0.25, 0.3) is 6.08 Å². The van der Waals surface area contributed by atoms with E-state index in [0.29, 0.717) is 13.0 Å². The Morgan fingerprint density at radius 1 is 1.45 bits per heavy atom. The summed E-state index contributed by atoms with van der Waals surface area (Å²) in [6, 6.07) is 4.53. The van der Waals surface area contributed by atoms with Crippen molar-refractivity contribution in [2.45, 2.75) is 32.8 Å². The molecule has 0 spiro atoms. The maximum atomic E-state index is 13.0. The SMILES string of the molecule is CC(C)(C)OC(=O)NCCC=Cc1ccc(F)c(N)c1. The van der Waals surface area contributed by atoms with E-state index >= 15 is 0 Å². The van der Waals surface area contributed by atoms with Gasteiger partial charge in [0.2, 0.25) is 0 Å². The van der Waals surface area contributed by atoms with E-state index in [1.165, 1.54) is 6.07 Å². The van der Waals surface area contributed by atoms with Gasteiger partial charge in [0.05, 0.1) is 5.69 Å². The van der Waals surface area contributed by atoms with Crippen LogP contribution in [0.4, 0.5) is 14.9 Å². The van der Waals surface area contributed by atoms with Crippen LogP contribution in [0.3, 0.4) is 0 Å². The molecule has 0 saturated carbocycles. The Kier molecular flexibility index (Phi) is 5.55. The fraction of sp³-hybridized carbons (Fsp3) is 0.400. The van der Waals surface area contributed by atoms with Crippen molar-refractivity contribution in [2.24, 2.45) is 0 Å². The third kappa shape index (κ3) is 6.22. The van der Waals surface area contributed by atoms with Crippen LogP contribution >= 0.6 is 0 Å². The van der Waals surface area contributed by atoms with E-state index in [-0.39, 0.29) is 5.69 Å². The molecule has 1 rings (SSSR count). The zero-order chi connectivity index (χ0) is 15.2. The maximum absolute atomic E-state index is 13.0. The van der Waals surface area contributed by atoms with Crippen molar-refractivity contribution in [3.8, 4) is 0 Å². The minimum Gasteiger partial charge on any atom is -0.444 e. The summed E-state index contributed by atoms with van der Waals surface area (Å²) in [5, 5.41) is 2.65. The van der Waals surface area contributed by atoms with Crippen molar-refractivity contribution in [2.75, 3.05) is 12.3 Å². The summed E-state index contributed by atoms with van der Waals surface area (Å²) in [6.45, 7) is 5.91. The van der Waals surface area contributed by atoms with Gasteiger partial charge >= 0.3 is 6.09 Å². The van der Waals surface area contributed by atoms with E-state index in [9.17, 15) is 9.18 Å². The number of hydrogen-bond acceptors (Lipinski definition) is 3. The van der Waals surface area contributed by atoms with Gasteiger partial charge in [0.1, 0.15) is 11.4 Å². The molecule has 110 valence electrons. The number of nitrogens with one attached hydrogen (secondary N) is 1. The van der Waals surface area contributed by atoms with Crippen molar-refractivity contribution >= 4 is 17.9 Å². The number of nitrogens with two attached hydrogens (primary N) is 1. The van der Waals surface area contributed by atoms with Gasteiger partial charge in [-0.1, -0.05) is 18.2 Å². The standard InChI is InChI=1S/C15H21FN2O2/c1-15(2,3)20-14(19)18-9-5-4-6-11-7-8-12(16)13(17)10-11/h4,6-8,10H,5,9,17H2,1-3H3,(H,18,19). The topological polar surface area (TPSA) is 64.3 Å². The molecule has 0 bridgehead atoms. The normalized spacial score (nSPS) is 11.6. The number of hydrogen-bond donors (Lipinski definition) is 2.